The van der Waals surface area contributed by atoms with Crippen LogP contribution in [0.15, 0.2) is 48.5 Å². The first kappa shape index (κ1) is 17.3. The van der Waals surface area contributed by atoms with Gasteiger partial charge in [-0.05, 0) is 35.4 Å². The Labute approximate surface area is 150 Å². The van der Waals surface area contributed by atoms with E-state index in [1.54, 1.807) is 4.90 Å². The number of nitrogens with zero attached hydrogens (tertiary/aromatic N) is 1. The molecule has 1 fully saturated rings. The summed E-state index contributed by atoms with van der Waals surface area (Å²) in [4.78, 5) is 24.5. The molecule has 0 bridgehead atoms. The Morgan fingerprint density at radius 2 is 1.76 bits per heavy atom. The van der Waals surface area contributed by atoms with Crippen LogP contribution in [-0.2, 0) is 22.7 Å². The van der Waals surface area contributed by atoms with Crippen LogP contribution >= 0.6 is 11.6 Å². The molecule has 6 heteroatoms. The maximum atomic E-state index is 11.9. The first-order chi connectivity index (χ1) is 12.0. The molecule has 1 N–H and O–H groups in total. The van der Waals surface area contributed by atoms with Crippen molar-refractivity contribution in [3.8, 4) is 5.75 Å². The molecule has 25 heavy (non-hydrogen) atoms. The Hall–Kier alpha value is -2.53. The van der Waals surface area contributed by atoms with Crippen molar-refractivity contribution in [2.75, 3.05) is 6.54 Å². The van der Waals surface area contributed by atoms with Crippen LogP contribution in [0.3, 0.4) is 0 Å². The van der Waals surface area contributed by atoms with Gasteiger partial charge in [-0.1, -0.05) is 35.9 Å². The molecule has 0 unspecified atom stereocenters. The van der Waals surface area contributed by atoms with E-state index in [1.165, 1.54) is 0 Å². The Balaban J connectivity index is 1.54. The highest BCUT2D eigenvalue weighted by Gasteiger charge is 2.33. The smallest absolute Gasteiger partial charge is 0.308 e. The number of hydrogen-bond donors (Lipinski definition) is 1. The fourth-order valence-corrected chi connectivity index (χ4v) is 2.88. The van der Waals surface area contributed by atoms with Crippen LogP contribution in [0.1, 0.15) is 17.5 Å². The number of halogens is 1. The van der Waals surface area contributed by atoms with Crippen molar-refractivity contribution >= 4 is 23.5 Å². The summed E-state index contributed by atoms with van der Waals surface area (Å²) >= 11 is 5.85. The first-order valence-electron chi connectivity index (χ1n) is 7.98. The van der Waals surface area contributed by atoms with E-state index in [1.807, 2.05) is 48.5 Å². The van der Waals surface area contributed by atoms with E-state index in [9.17, 15) is 9.59 Å². The molecule has 0 radical (unpaired) electrons. The van der Waals surface area contributed by atoms with Gasteiger partial charge < -0.3 is 14.7 Å². The highest BCUT2D eigenvalue weighted by Crippen LogP contribution is 2.22. The van der Waals surface area contributed by atoms with Crippen LogP contribution in [0, 0.1) is 5.92 Å². The Kier molecular flexibility index (Phi) is 5.24. The molecule has 1 amide bonds. The third-order valence-corrected chi connectivity index (χ3v) is 4.43. The normalized spacial score (nSPS) is 16.9. The van der Waals surface area contributed by atoms with Gasteiger partial charge in [0.2, 0.25) is 5.91 Å². The molecule has 1 aliphatic rings. The van der Waals surface area contributed by atoms with Gasteiger partial charge in [-0.15, -0.1) is 0 Å². The number of carboxylic acid groups (broad SMARTS) is 1. The fourth-order valence-electron chi connectivity index (χ4n) is 2.75. The summed E-state index contributed by atoms with van der Waals surface area (Å²) in [5.74, 6) is -0.901. The molecule has 5 nitrogen and oxygen atoms in total. The molecule has 0 saturated carbocycles. The van der Waals surface area contributed by atoms with Crippen LogP contribution < -0.4 is 4.74 Å². The van der Waals surface area contributed by atoms with Crippen molar-refractivity contribution < 1.29 is 19.4 Å². The maximum Gasteiger partial charge on any atom is 0.308 e. The minimum atomic E-state index is -0.915. The lowest BCUT2D eigenvalue weighted by atomic mass is 10.1. The molecule has 1 saturated heterocycles. The molecule has 2 aromatic carbocycles. The first-order valence-corrected chi connectivity index (χ1v) is 8.36. The van der Waals surface area contributed by atoms with Crippen molar-refractivity contribution in [1.82, 2.24) is 4.90 Å². The SMILES string of the molecule is O=C(O)[C@H]1CC(=O)N(Cc2ccc(OCc3ccc(Cl)cc3)cc2)C1. The number of ether oxygens (including phenoxy) is 1. The van der Waals surface area contributed by atoms with E-state index in [2.05, 4.69) is 0 Å². The van der Waals surface area contributed by atoms with E-state index in [0.717, 1.165) is 16.9 Å². The van der Waals surface area contributed by atoms with Crippen LogP contribution in [0.25, 0.3) is 0 Å². The summed E-state index contributed by atoms with van der Waals surface area (Å²) in [6.45, 7) is 1.13. The molecule has 0 aromatic heterocycles. The lowest BCUT2D eigenvalue weighted by Crippen LogP contribution is -2.25. The molecule has 3 rings (SSSR count). The lowest BCUT2D eigenvalue weighted by molar-refractivity contribution is -0.141. The largest absolute Gasteiger partial charge is 0.489 e. The van der Waals surface area contributed by atoms with Crippen molar-refractivity contribution in [1.29, 1.82) is 0 Å². The average molecular weight is 360 g/mol. The molecule has 130 valence electrons. The van der Waals surface area contributed by atoms with Crippen LogP contribution in [0.5, 0.6) is 5.75 Å². The number of benzene rings is 2. The van der Waals surface area contributed by atoms with Gasteiger partial charge in [-0.2, -0.15) is 0 Å². The third kappa shape index (κ3) is 4.51. The number of amides is 1. The van der Waals surface area contributed by atoms with E-state index in [0.29, 0.717) is 18.2 Å². The summed E-state index contributed by atoms with van der Waals surface area (Å²) in [5.41, 5.74) is 1.97. The molecular weight excluding hydrogens is 342 g/mol. The molecule has 1 aliphatic heterocycles. The quantitative estimate of drug-likeness (QED) is 0.858. The van der Waals surface area contributed by atoms with Crippen molar-refractivity contribution in [3.05, 3.63) is 64.7 Å². The van der Waals surface area contributed by atoms with Gasteiger partial charge in [-0.25, -0.2) is 0 Å². The summed E-state index contributed by atoms with van der Waals surface area (Å²) in [7, 11) is 0. The highest BCUT2D eigenvalue weighted by molar-refractivity contribution is 6.30. The van der Waals surface area contributed by atoms with Crippen LogP contribution in [0.4, 0.5) is 0 Å². The van der Waals surface area contributed by atoms with Gasteiger partial charge in [0.25, 0.3) is 0 Å². The van der Waals surface area contributed by atoms with Crippen molar-refractivity contribution in [3.63, 3.8) is 0 Å². The zero-order chi connectivity index (χ0) is 17.8. The third-order valence-electron chi connectivity index (χ3n) is 4.18. The van der Waals surface area contributed by atoms with E-state index in [-0.39, 0.29) is 18.9 Å². The van der Waals surface area contributed by atoms with Crippen LogP contribution in [-0.4, -0.2) is 28.4 Å². The number of aliphatic carboxylic acids is 1. The summed E-state index contributed by atoms with van der Waals surface area (Å²) in [6.07, 6.45) is 0.0810. The van der Waals surface area contributed by atoms with Gasteiger partial charge >= 0.3 is 5.97 Å². The topological polar surface area (TPSA) is 66.8 Å². The minimum absolute atomic E-state index is 0.0810. The van der Waals surface area contributed by atoms with Gasteiger partial charge in [0.1, 0.15) is 12.4 Å². The number of likely N-dealkylation sites (tertiary alicyclic amines) is 1. The molecule has 1 heterocycles. The fraction of sp³-hybridized carbons (Fsp3) is 0.263. The monoisotopic (exact) mass is 359 g/mol. The zero-order valence-electron chi connectivity index (χ0n) is 13.5. The van der Waals surface area contributed by atoms with Gasteiger partial charge in [0, 0.05) is 24.5 Å². The molecule has 0 aliphatic carbocycles. The number of rotatable bonds is 6. The van der Waals surface area contributed by atoms with Gasteiger partial charge in [-0.3, -0.25) is 9.59 Å². The average Bonchev–Trinajstić information content (AvgIpc) is 2.97. The Bertz CT molecular complexity index is 758. The Morgan fingerprint density at radius 1 is 1.12 bits per heavy atom. The van der Waals surface area contributed by atoms with Crippen molar-refractivity contribution in [2.45, 2.75) is 19.6 Å². The highest BCUT2D eigenvalue weighted by atomic mass is 35.5. The number of carbonyl (C=O) groups is 2. The number of carboxylic acids is 1. The van der Waals surface area contributed by atoms with Gasteiger partial charge in [0.15, 0.2) is 0 Å². The predicted molar refractivity (Wildman–Crippen MR) is 93.4 cm³/mol. The van der Waals surface area contributed by atoms with Crippen molar-refractivity contribution in [2.24, 2.45) is 5.92 Å². The predicted octanol–water partition coefficient (Wildman–Crippen LogP) is 3.35. The second kappa shape index (κ2) is 7.57. The standard InChI is InChI=1S/C19H18ClNO4/c20-16-5-1-14(2-6-16)12-25-17-7-3-13(4-8-17)10-21-11-15(19(23)24)9-18(21)22/h1-8,15H,9-12H2,(H,23,24)/t15-/m0/s1. The second-order valence-corrected chi connectivity index (χ2v) is 6.51. The van der Waals surface area contributed by atoms with E-state index in [4.69, 9.17) is 21.4 Å². The summed E-state index contributed by atoms with van der Waals surface area (Å²) in [6, 6.07) is 14.9. The number of hydrogen-bond acceptors (Lipinski definition) is 3. The zero-order valence-corrected chi connectivity index (χ0v) is 14.3. The molecule has 2 aromatic rings. The lowest BCUT2D eigenvalue weighted by Gasteiger charge is -2.16. The van der Waals surface area contributed by atoms with E-state index >= 15 is 0 Å². The minimum Gasteiger partial charge on any atom is -0.489 e. The van der Waals surface area contributed by atoms with Gasteiger partial charge in [0.05, 0.1) is 5.92 Å². The summed E-state index contributed by atoms with van der Waals surface area (Å²) < 4.78 is 5.73. The molecule has 1 atom stereocenters. The number of carbonyl (C=O) groups excluding carboxylic acids is 1. The summed E-state index contributed by atoms with van der Waals surface area (Å²) in [5, 5.41) is 9.71. The molecule has 0 spiro atoms. The van der Waals surface area contributed by atoms with Crippen LogP contribution in [0.2, 0.25) is 5.02 Å². The maximum absolute atomic E-state index is 11.9. The second-order valence-electron chi connectivity index (χ2n) is 6.07. The van der Waals surface area contributed by atoms with E-state index < -0.39 is 11.9 Å². The molecular formula is C19H18ClNO4. The Morgan fingerprint density at radius 3 is 2.36 bits per heavy atom.